The molecule has 174 valence electrons. The van der Waals surface area contributed by atoms with Crippen molar-refractivity contribution in [3.05, 3.63) is 81.0 Å². The van der Waals surface area contributed by atoms with Crippen LogP contribution in [0.4, 0.5) is 0 Å². The summed E-state index contributed by atoms with van der Waals surface area (Å²) in [6.07, 6.45) is 1.62. The predicted molar refractivity (Wildman–Crippen MR) is 131 cm³/mol. The molecule has 0 amide bonds. The monoisotopic (exact) mass is 476 g/mol. The van der Waals surface area contributed by atoms with Crippen LogP contribution in [0.3, 0.4) is 0 Å². The largest absolute Gasteiger partial charge is 0.461 e. The minimum atomic E-state index is -0.495. The molecule has 0 bridgehead atoms. The minimum absolute atomic E-state index is 0.0263. The number of carbonyl (C=O) groups is 2. The van der Waals surface area contributed by atoms with Crippen LogP contribution >= 0.6 is 11.8 Å². The van der Waals surface area contributed by atoms with Crippen molar-refractivity contribution in [2.45, 2.75) is 32.9 Å². The first-order valence-corrected chi connectivity index (χ1v) is 11.8. The molecule has 0 fully saturated rings. The molecule has 0 saturated heterocycles. The minimum Gasteiger partial charge on any atom is -0.461 e. The van der Waals surface area contributed by atoms with Gasteiger partial charge in [0.2, 0.25) is 0 Å². The molecule has 0 saturated carbocycles. The third-order valence-electron chi connectivity index (χ3n) is 5.47. The molecule has 0 radical (unpaired) electrons. The van der Waals surface area contributed by atoms with E-state index in [9.17, 15) is 14.4 Å². The van der Waals surface area contributed by atoms with Crippen LogP contribution in [-0.2, 0) is 4.74 Å². The Kier molecular flexibility index (Phi) is 6.65. The number of H-pyrrole nitrogens is 1. The molecular weight excluding hydrogens is 452 g/mol. The summed E-state index contributed by atoms with van der Waals surface area (Å²) in [4.78, 5) is 50.8. The third kappa shape index (κ3) is 4.26. The van der Waals surface area contributed by atoms with Gasteiger partial charge >= 0.3 is 5.97 Å². The Balaban J connectivity index is 1.73. The maximum absolute atomic E-state index is 13.4. The van der Waals surface area contributed by atoms with Gasteiger partial charge in [-0.15, -0.1) is 0 Å². The highest BCUT2D eigenvalue weighted by molar-refractivity contribution is 7.99. The summed E-state index contributed by atoms with van der Waals surface area (Å²) < 4.78 is 6.53. The number of Topliss-reactive ketones (excluding diaryl/α,β-unsaturated/α-hetero) is 1. The van der Waals surface area contributed by atoms with Gasteiger partial charge in [-0.2, -0.15) is 0 Å². The van der Waals surface area contributed by atoms with E-state index in [0.717, 1.165) is 17.3 Å². The van der Waals surface area contributed by atoms with Gasteiger partial charge in [0.05, 0.1) is 23.3 Å². The van der Waals surface area contributed by atoms with Crippen molar-refractivity contribution in [1.82, 2.24) is 19.5 Å². The molecule has 1 N–H and O–H groups in total. The molecule has 9 heteroatoms. The second-order valence-corrected chi connectivity index (χ2v) is 8.70. The fourth-order valence-electron chi connectivity index (χ4n) is 3.89. The Morgan fingerprint density at radius 3 is 2.62 bits per heavy atom. The van der Waals surface area contributed by atoms with Crippen LogP contribution in [0.1, 0.15) is 44.6 Å². The molecule has 4 aromatic rings. The van der Waals surface area contributed by atoms with Crippen molar-refractivity contribution < 1.29 is 14.3 Å². The number of nitrogens with zero attached hydrogens (tertiary/aromatic N) is 3. The SMILES string of the molecule is CCOC(=O)c1[nH]c(C)c(C(=O)CSc2nc3ccccc3c(=O)n2-c2ncccc2C)c1C. The van der Waals surface area contributed by atoms with Crippen LogP contribution in [0.25, 0.3) is 16.7 Å². The average molecular weight is 477 g/mol. The lowest BCUT2D eigenvalue weighted by molar-refractivity contribution is 0.0519. The average Bonchev–Trinajstić information content (AvgIpc) is 3.12. The van der Waals surface area contributed by atoms with E-state index in [-0.39, 0.29) is 29.4 Å². The normalized spacial score (nSPS) is 11.1. The fraction of sp³-hybridized carbons (Fsp3) is 0.240. The number of hydrogen-bond acceptors (Lipinski definition) is 7. The van der Waals surface area contributed by atoms with Crippen LogP contribution in [0, 0.1) is 20.8 Å². The molecule has 34 heavy (non-hydrogen) atoms. The molecular formula is C25H24N4O4S. The second kappa shape index (κ2) is 9.64. The van der Waals surface area contributed by atoms with Gasteiger partial charge in [-0.25, -0.2) is 19.3 Å². The number of carbonyl (C=O) groups excluding carboxylic acids is 2. The number of para-hydroxylation sites is 1. The summed E-state index contributed by atoms with van der Waals surface area (Å²) in [6, 6.07) is 10.8. The van der Waals surface area contributed by atoms with Crippen LogP contribution in [-0.4, -0.2) is 43.6 Å². The summed E-state index contributed by atoms with van der Waals surface area (Å²) in [5, 5.41) is 0.843. The van der Waals surface area contributed by atoms with Gasteiger partial charge in [0.25, 0.3) is 5.56 Å². The Labute approximate surface area is 200 Å². The van der Waals surface area contributed by atoms with Crippen molar-refractivity contribution in [2.24, 2.45) is 0 Å². The number of ketones is 1. The standard InChI is InChI=1S/C25H24N4O4S/c1-5-33-24(32)21-15(3)20(16(4)27-21)19(30)13-34-25-28-18-11-7-6-10-17(18)23(31)29(25)22-14(2)9-8-12-26-22/h6-12,27H,5,13H2,1-4H3. The highest BCUT2D eigenvalue weighted by Crippen LogP contribution is 2.25. The molecule has 3 heterocycles. The Bertz CT molecular complexity index is 1470. The van der Waals surface area contributed by atoms with Crippen molar-refractivity contribution in [3.8, 4) is 5.82 Å². The van der Waals surface area contributed by atoms with Gasteiger partial charge < -0.3 is 9.72 Å². The van der Waals surface area contributed by atoms with Crippen LogP contribution in [0.2, 0.25) is 0 Å². The molecule has 8 nitrogen and oxygen atoms in total. The number of hydrogen-bond donors (Lipinski definition) is 1. The highest BCUT2D eigenvalue weighted by Gasteiger charge is 2.24. The smallest absolute Gasteiger partial charge is 0.355 e. The van der Waals surface area contributed by atoms with Gasteiger partial charge in [-0.05, 0) is 57.0 Å². The number of benzene rings is 1. The van der Waals surface area contributed by atoms with E-state index in [1.807, 2.05) is 19.1 Å². The Morgan fingerprint density at radius 2 is 1.88 bits per heavy atom. The Hall–Kier alpha value is -3.72. The van der Waals surface area contributed by atoms with E-state index in [2.05, 4.69) is 15.0 Å². The van der Waals surface area contributed by atoms with E-state index in [0.29, 0.717) is 38.7 Å². The number of rotatable bonds is 7. The van der Waals surface area contributed by atoms with E-state index in [1.165, 1.54) is 4.57 Å². The molecule has 0 spiro atoms. The van der Waals surface area contributed by atoms with Crippen molar-refractivity contribution in [2.75, 3.05) is 12.4 Å². The van der Waals surface area contributed by atoms with E-state index >= 15 is 0 Å². The van der Waals surface area contributed by atoms with Crippen LogP contribution < -0.4 is 5.56 Å². The molecule has 0 aliphatic heterocycles. The summed E-state index contributed by atoms with van der Waals surface area (Å²) in [5.74, 6) is -0.179. The zero-order valence-corrected chi connectivity index (χ0v) is 20.2. The number of fused-ring (bicyclic) bond motifs is 1. The van der Waals surface area contributed by atoms with Crippen molar-refractivity contribution >= 4 is 34.4 Å². The van der Waals surface area contributed by atoms with E-state index in [4.69, 9.17) is 4.74 Å². The van der Waals surface area contributed by atoms with Crippen LogP contribution in [0.5, 0.6) is 0 Å². The van der Waals surface area contributed by atoms with Crippen LogP contribution in [0.15, 0.2) is 52.5 Å². The van der Waals surface area contributed by atoms with Crippen molar-refractivity contribution in [1.29, 1.82) is 0 Å². The lowest BCUT2D eigenvalue weighted by Crippen LogP contribution is -2.24. The zero-order chi connectivity index (χ0) is 24.4. The molecule has 3 aromatic heterocycles. The van der Waals surface area contributed by atoms with Crippen molar-refractivity contribution in [3.63, 3.8) is 0 Å². The lowest BCUT2D eigenvalue weighted by atomic mass is 10.1. The lowest BCUT2D eigenvalue weighted by Gasteiger charge is -2.14. The second-order valence-electron chi connectivity index (χ2n) is 7.75. The summed E-state index contributed by atoms with van der Waals surface area (Å²) in [7, 11) is 0. The number of esters is 1. The first-order chi connectivity index (χ1) is 16.3. The zero-order valence-electron chi connectivity index (χ0n) is 19.3. The Morgan fingerprint density at radius 1 is 1.12 bits per heavy atom. The molecule has 0 aliphatic carbocycles. The first kappa shape index (κ1) is 23.4. The first-order valence-electron chi connectivity index (χ1n) is 10.8. The molecule has 0 atom stereocenters. The quantitative estimate of drug-likeness (QED) is 0.184. The number of pyridine rings is 1. The van der Waals surface area contributed by atoms with Gasteiger partial charge in [-0.1, -0.05) is 30.0 Å². The molecule has 0 aliphatic rings. The van der Waals surface area contributed by atoms with Gasteiger partial charge in [0.15, 0.2) is 10.9 Å². The molecule has 4 rings (SSSR count). The maximum Gasteiger partial charge on any atom is 0.355 e. The molecule has 0 unspecified atom stereocenters. The molecule has 1 aromatic carbocycles. The number of aromatic nitrogens is 4. The highest BCUT2D eigenvalue weighted by atomic mass is 32.2. The topological polar surface area (TPSA) is 107 Å². The van der Waals surface area contributed by atoms with Gasteiger partial charge in [0, 0.05) is 17.5 Å². The summed E-state index contributed by atoms with van der Waals surface area (Å²) in [5.41, 5.74) is 2.97. The van der Waals surface area contributed by atoms with Gasteiger partial charge in [-0.3, -0.25) is 9.59 Å². The number of ether oxygens (including phenoxy) is 1. The van der Waals surface area contributed by atoms with E-state index < -0.39 is 5.97 Å². The fourth-order valence-corrected chi connectivity index (χ4v) is 4.75. The maximum atomic E-state index is 13.4. The number of aryl methyl sites for hydroxylation is 2. The summed E-state index contributed by atoms with van der Waals surface area (Å²) in [6.45, 7) is 7.30. The van der Waals surface area contributed by atoms with E-state index in [1.54, 1.807) is 51.2 Å². The van der Waals surface area contributed by atoms with Gasteiger partial charge in [0.1, 0.15) is 11.5 Å². The number of aromatic amines is 1. The number of thioether (sulfide) groups is 1. The number of nitrogens with one attached hydrogen (secondary N) is 1. The summed E-state index contributed by atoms with van der Waals surface area (Å²) >= 11 is 1.16. The third-order valence-corrected chi connectivity index (χ3v) is 6.41. The predicted octanol–water partition coefficient (Wildman–Crippen LogP) is 4.19.